The maximum Gasteiger partial charge on any atom is 0.261 e. The van der Waals surface area contributed by atoms with Gasteiger partial charge < -0.3 is 4.90 Å². The number of aryl methyl sites for hydroxylation is 2. The fraction of sp³-hybridized carbons (Fsp3) is 0.208. The number of fused-ring (bicyclic) bond motifs is 1. The first-order valence-electron chi connectivity index (χ1n) is 9.88. The van der Waals surface area contributed by atoms with E-state index in [9.17, 15) is 13.2 Å². The molecule has 1 unspecified atom stereocenters. The molecule has 0 spiro atoms. The summed E-state index contributed by atoms with van der Waals surface area (Å²) in [5.74, 6) is -0.136. The van der Waals surface area contributed by atoms with E-state index in [1.807, 2.05) is 45.0 Å². The fourth-order valence-electron chi connectivity index (χ4n) is 3.80. The van der Waals surface area contributed by atoms with E-state index < -0.39 is 10.0 Å². The Hall–Kier alpha value is -3.12. The first-order valence-corrected chi connectivity index (χ1v) is 11.4. The van der Waals surface area contributed by atoms with Crippen LogP contribution in [0.2, 0.25) is 0 Å². The summed E-state index contributed by atoms with van der Waals surface area (Å²) >= 11 is 0. The van der Waals surface area contributed by atoms with Crippen LogP contribution in [0.5, 0.6) is 0 Å². The Morgan fingerprint density at radius 2 is 1.70 bits per heavy atom. The summed E-state index contributed by atoms with van der Waals surface area (Å²) in [7, 11) is -3.75. The van der Waals surface area contributed by atoms with Gasteiger partial charge in [0, 0.05) is 17.3 Å². The molecule has 4 rings (SSSR count). The molecular formula is C24H24N2O3S. The van der Waals surface area contributed by atoms with Crippen LogP contribution in [0, 0.1) is 13.8 Å². The smallest absolute Gasteiger partial charge is 0.261 e. The van der Waals surface area contributed by atoms with E-state index in [1.54, 1.807) is 47.4 Å². The van der Waals surface area contributed by atoms with Crippen molar-refractivity contribution in [2.45, 2.75) is 38.1 Å². The van der Waals surface area contributed by atoms with Crippen molar-refractivity contribution in [3.63, 3.8) is 0 Å². The largest absolute Gasteiger partial charge is 0.305 e. The summed E-state index contributed by atoms with van der Waals surface area (Å²) in [6.07, 6.45) is 0.806. The molecule has 1 aliphatic rings. The van der Waals surface area contributed by atoms with Gasteiger partial charge >= 0.3 is 0 Å². The average Bonchev–Trinajstić information content (AvgIpc) is 3.05. The predicted octanol–water partition coefficient (Wildman–Crippen LogP) is 4.70. The molecule has 1 amide bonds. The third-order valence-electron chi connectivity index (χ3n) is 5.49. The second-order valence-electron chi connectivity index (χ2n) is 7.81. The second-order valence-corrected chi connectivity index (χ2v) is 9.49. The molecule has 3 aromatic rings. The maximum atomic E-state index is 13.3. The Morgan fingerprint density at radius 3 is 2.43 bits per heavy atom. The molecule has 0 aliphatic carbocycles. The Kier molecular flexibility index (Phi) is 5.12. The van der Waals surface area contributed by atoms with Gasteiger partial charge in [0.1, 0.15) is 0 Å². The minimum absolute atomic E-state index is 0.0453. The molecule has 0 fully saturated rings. The number of nitrogens with one attached hydrogen (secondary N) is 1. The minimum Gasteiger partial charge on any atom is -0.305 e. The van der Waals surface area contributed by atoms with Crippen molar-refractivity contribution in [3.05, 3.63) is 89.0 Å². The molecule has 0 radical (unpaired) electrons. The molecule has 0 saturated heterocycles. The van der Waals surface area contributed by atoms with Gasteiger partial charge in [-0.2, -0.15) is 0 Å². The van der Waals surface area contributed by atoms with Crippen molar-refractivity contribution in [1.82, 2.24) is 0 Å². The molecule has 1 heterocycles. The normalized spacial score (nSPS) is 15.7. The third-order valence-corrected chi connectivity index (χ3v) is 6.87. The van der Waals surface area contributed by atoms with Crippen LogP contribution in [-0.2, 0) is 16.4 Å². The lowest BCUT2D eigenvalue weighted by atomic mass is 10.1. The number of nitrogens with zero attached hydrogens (tertiary/aromatic N) is 1. The van der Waals surface area contributed by atoms with Crippen LogP contribution in [0.1, 0.15) is 34.0 Å². The molecule has 1 atom stereocenters. The topological polar surface area (TPSA) is 66.5 Å². The SMILES string of the molecule is Cc1ccc(S(=O)(=O)Nc2cc(C(=O)N3c4ccccc4CC3C)ccc2C)cc1. The number of amides is 1. The van der Waals surface area contributed by atoms with Crippen molar-refractivity contribution >= 4 is 27.3 Å². The van der Waals surface area contributed by atoms with Crippen LogP contribution in [0.25, 0.3) is 0 Å². The highest BCUT2D eigenvalue weighted by Crippen LogP contribution is 2.33. The Labute approximate surface area is 177 Å². The lowest BCUT2D eigenvalue weighted by Gasteiger charge is -2.23. The van der Waals surface area contributed by atoms with Gasteiger partial charge in [0.2, 0.25) is 0 Å². The first-order chi connectivity index (χ1) is 14.3. The molecule has 0 bridgehead atoms. The molecule has 1 aliphatic heterocycles. The van der Waals surface area contributed by atoms with E-state index in [0.29, 0.717) is 11.3 Å². The van der Waals surface area contributed by atoms with Crippen molar-refractivity contribution in [2.24, 2.45) is 0 Å². The first kappa shape index (κ1) is 20.2. The quantitative estimate of drug-likeness (QED) is 0.666. The highest BCUT2D eigenvalue weighted by molar-refractivity contribution is 7.92. The maximum absolute atomic E-state index is 13.3. The molecule has 1 N–H and O–H groups in total. The zero-order valence-corrected chi connectivity index (χ0v) is 18.0. The standard InChI is InChI=1S/C24H24N2O3S/c1-16-8-12-21(13-9-16)30(28,29)25-22-15-20(11-10-17(22)2)24(27)26-18(3)14-19-6-4-5-7-23(19)26/h4-13,15,18,25H,14H2,1-3H3. The Morgan fingerprint density at radius 1 is 1.00 bits per heavy atom. The summed E-state index contributed by atoms with van der Waals surface area (Å²) in [6, 6.07) is 19.7. The zero-order chi connectivity index (χ0) is 21.5. The van der Waals surface area contributed by atoms with E-state index in [4.69, 9.17) is 0 Å². The van der Waals surface area contributed by atoms with Crippen LogP contribution < -0.4 is 9.62 Å². The van der Waals surface area contributed by atoms with Crippen LogP contribution in [0.3, 0.4) is 0 Å². The lowest BCUT2D eigenvalue weighted by Crippen LogP contribution is -2.35. The number of rotatable bonds is 4. The zero-order valence-electron chi connectivity index (χ0n) is 17.2. The highest BCUT2D eigenvalue weighted by Gasteiger charge is 2.31. The molecule has 6 heteroatoms. The summed E-state index contributed by atoms with van der Waals surface area (Å²) in [5, 5.41) is 0. The fourth-order valence-corrected chi connectivity index (χ4v) is 4.92. The van der Waals surface area contributed by atoms with Crippen molar-refractivity contribution in [1.29, 1.82) is 0 Å². The lowest BCUT2D eigenvalue weighted by molar-refractivity contribution is 0.0981. The van der Waals surface area contributed by atoms with E-state index in [1.165, 1.54) is 0 Å². The van der Waals surface area contributed by atoms with Gasteiger partial charge in [-0.1, -0.05) is 42.0 Å². The van der Waals surface area contributed by atoms with Gasteiger partial charge in [0.25, 0.3) is 15.9 Å². The third kappa shape index (κ3) is 3.71. The number of hydrogen-bond donors (Lipinski definition) is 1. The predicted molar refractivity (Wildman–Crippen MR) is 120 cm³/mol. The summed E-state index contributed by atoms with van der Waals surface area (Å²) in [6.45, 7) is 5.74. The van der Waals surface area contributed by atoms with Crippen LogP contribution in [-0.4, -0.2) is 20.4 Å². The number of hydrogen-bond acceptors (Lipinski definition) is 3. The Balaban J connectivity index is 1.65. The van der Waals surface area contributed by atoms with E-state index in [2.05, 4.69) is 4.72 Å². The molecule has 30 heavy (non-hydrogen) atoms. The minimum atomic E-state index is -3.75. The molecular weight excluding hydrogens is 396 g/mol. The van der Waals surface area contributed by atoms with Gasteiger partial charge in [-0.25, -0.2) is 8.42 Å². The molecule has 0 aromatic heterocycles. The number of anilines is 2. The van der Waals surface area contributed by atoms with E-state index in [0.717, 1.165) is 28.8 Å². The number of carbonyl (C=O) groups is 1. The van der Waals surface area contributed by atoms with E-state index in [-0.39, 0.29) is 16.8 Å². The highest BCUT2D eigenvalue weighted by atomic mass is 32.2. The van der Waals surface area contributed by atoms with Crippen LogP contribution in [0.15, 0.2) is 71.6 Å². The summed E-state index contributed by atoms with van der Waals surface area (Å²) in [4.78, 5) is 15.3. The van der Waals surface area contributed by atoms with Gasteiger partial charge in [0.05, 0.1) is 10.6 Å². The van der Waals surface area contributed by atoms with Crippen molar-refractivity contribution in [3.8, 4) is 0 Å². The summed E-state index contributed by atoms with van der Waals surface area (Å²) < 4.78 is 28.3. The monoisotopic (exact) mass is 420 g/mol. The summed E-state index contributed by atoms with van der Waals surface area (Å²) in [5.41, 5.74) is 4.64. The van der Waals surface area contributed by atoms with Crippen molar-refractivity contribution in [2.75, 3.05) is 9.62 Å². The average molecular weight is 421 g/mol. The van der Waals surface area contributed by atoms with Crippen LogP contribution in [0.4, 0.5) is 11.4 Å². The van der Waals surface area contributed by atoms with Crippen molar-refractivity contribution < 1.29 is 13.2 Å². The number of sulfonamides is 1. The van der Waals surface area contributed by atoms with Gasteiger partial charge in [-0.15, -0.1) is 0 Å². The van der Waals surface area contributed by atoms with Gasteiger partial charge in [-0.05, 0) is 68.7 Å². The van der Waals surface area contributed by atoms with Crippen LogP contribution >= 0.6 is 0 Å². The molecule has 154 valence electrons. The van der Waals surface area contributed by atoms with Gasteiger partial charge in [0.15, 0.2) is 0 Å². The second kappa shape index (κ2) is 7.61. The number of para-hydroxylation sites is 1. The van der Waals surface area contributed by atoms with E-state index >= 15 is 0 Å². The molecule has 3 aromatic carbocycles. The number of benzene rings is 3. The van der Waals surface area contributed by atoms with Gasteiger partial charge in [-0.3, -0.25) is 9.52 Å². The molecule has 0 saturated carbocycles. The number of carbonyl (C=O) groups excluding carboxylic acids is 1. The Bertz CT molecular complexity index is 1220. The molecule has 5 nitrogen and oxygen atoms in total.